The van der Waals surface area contributed by atoms with Crippen molar-refractivity contribution in [3.8, 4) is 5.69 Å². The lowest BCUT2D eigenvalue weighted by Crippen LogP contribution is -2.11. The minimum atomic E-state index is 0.162. The Bertz CT molecular complexity index is 924. The third-order valence-electron chi connectivity index (χ3n) is 4.64. The Morgan fingerprint density at radius 2 is 1.54 bits per heavy atom. The van der Waals surface area contributed by atoms with Crippen LogP contribution in [0, 0.1) is 13.8 Å². The maximum atomic E-state index is 5.93. The molecule has 0 saturated heterocycles. The molecule has 0 unspecified atom stereocenters. The smallest absolute Gasteiger partial charge is 0.0630 e. The highest BCUT2D eigenvalue weighted by Gasteiger charge is 2.14. The number of rotatable bonds is 3. The summed E-state index contributed by atoms with van der Waals surface area (Å²) in [5, 5.41) is 0.723. The van der Waals surface area contributed by atoms with Crippen LogP contribution in [0.25, 0.3) is 5.69 Å². The first-order valence-electron chi connectivity index (χ1n) is 8.85. The molecule has 0 aliphatic carbocycles. The number of hydrogen-bond donors (Lipinski definition) is 0. The number of halogens is 1. The molecule has 1 heterocycles. The summed E-state index contributed by atoms with van der Waals surface area (Å²) in [6.07, 6.45) is 1.92. The van der Waals surface area contributed by atoms with Gasteiger partial charge in [0.05, 0.1) is 5.69 Å². The van der Waals surface area contributed by atoms with E-state index >= 15 is 0 Å². The quantitative estimate of drug-likeness (QED) is 0.455. The number of benzene rings is 2. The van der Waals surface area contributed by atoms with Crippen molar-refractivity contribution in [3.63, 3.8) is 0 Å². The molecular weight excluding hydrogens is 340 g/mol. The molecule has 2 nitrogen and oxygen atoms in total. The van der Waals surface area contributed by atoms with Crippen molar-refractivity contribution in [1.29, 1.82) is 0 Å². The first-order valence-corrected chi connectivity index (χ1v) is 9.23. The van der Waals surface area contributed by atoms with Crippen LogP contribution in [0.3, 0.4) is 0 Å². The third-order valence-corrected chi connectivity index (χ3v) is 4.89. The van der Waals surface area contributed by atoms with Gasteiger partial charge in [-0.1, -0.05) is 44.5 Å². The van der Waals surface area contributed by atoms with Crippen molar-refractivity contribution in [3.05, 3.63) is 82.1 Å². The zero-order chi connectivity index (χ0) is 18.9. The van der Waals surface area contributed by atoms with Gasteiger partial charge in [-0.05, 0) is 67.3 Å². The van der Waals surface area contributed by atoms with Gasteiger partial charge in [0.1, 0.15) is 0 Å². The Labute approximate surface area is 161 Å². The van der Waals surface area contributed by atoms with E-state index in [2.05, 4.69) is 74.5 Å². The molecule has 0 saturated carbocycles. The predicted octanol–water partition coefficient (Wildman–Crippen LogP) is 6.80. The van der Waals surface area contributed by atoms with Gasteiger partial charge < -0.3 is 4.57 Å². The normalized spacial score (nSPS) is 12.1. The van der Waals surface area contributed by atoms with E-state index in [0.29, 0.717) is 0 Å². The second kappa shape index (κ2) is 7.13. The molecule has 0 N–H and O–H groups in total. The third kappa shape index (κ3) is 3.91. The fourth-order valence-corrected chi connectivity index (χ4v) is 3.22. The van der Waals surface area contributed by atoms with Crippen LogP contribution in [0.1, 0.15) is 43.3 Å². The summed E-state index contributed by atoms with van der Waals surface area (Å²) < 4.78 is 2.27. The molecule has 0 aliphatic heterocycles. The average molecular weight is 365 g/mol. The van der Waals surface area contributed by atoms with Gasteiger partial charge in [0, 0.05) is 33.9 Å². The Hall–Kier alpha value is -2.32. The summed E-state index contributed by atoms with van der Waals surface area (Å²) >= 11 is 5.93. The molecule has 0 fully saturated rings. The van der Waals surface area contributed by atoms with Gasteiger partial charge in [-0.2, -0.15) is 0 Å². The lowest BCUT2D eigenvalue weighted by Gasteiger charge is -2.20. The van der Waals surface area contributed by atoms with Gasteiger partial charge in [-0.15, -0.1) is 0 Å². The van der Waals surface area contributed by atoms with Crippen molar-refractivity contribution in [1.82, 2.24) is 4.57 Å². The number of aryl methyl sites for hydroxylation is 1. The zero-order valence-corrected chi connectivity index (χ0v) is 16.8. The molecule has 0 amide bonds. The molecule has 1 aromatic heterocycles. The molecule has 26 heavy (non-hydrogen) atoms. The molecule has 0 spiro atoms. The summed E-state index contributed by atoms with van der Waals surface area (Å²) in [6.45, 7) is 11.0. The fourth-order valence-electron chi connectivity index (χ4n) is 3.10. The van der Waals surface area contributed by atoms with E-state index in [1.54, 1.807) is 0 Å². The van der Waals surface area contributed by atoms with Gasteiger partial charge in [0.15, 0.2) is 0 Å². The van der Waals surface area contributed by atoms with Gasteiger partial charge in [0.2, 0.25) is 0 Å². The SMILES string of the molecule is Cc1cc(C=Nc2ccc(Cl)cc2)c(C)n1-c1ccc(C(C)(C)C)cc1. The monoisotopic (exact) mass is 364 g/mol. The largest absolute Gasteiger partial charge is 0.318 e. The molecule has 3 aromatic rings. The topological polar surface area (TPSA) is 17.3 Å². The Morgan fingerprint density at radius 3 is 2.12 bits per heavy atom. The number of aliphatic imine (C=N–C) groups is 1. The van der Waals surface area contributed by atoms with Gasteiger partial charge in [0.25, 0.3) is 0 Å². The van der Waals surface area contributed by atoms with E-state index < -0.39 is 0 Å². The molecule has 3 heteroatoms. The first-order chi connectivity index (χ1) is 12.3. The van der Waals surface area contributed by atoms with Crippen LogP contribution in [0.4, 0.5) is 5.69 Å². The Morgan fingerprint density at radius 1 is 0.923 bits per heavy atom. The van der Waals surface area contributed by atoms with Crippen LogP contribution in [-0.2, 0) is 5.41 Å². The summed E-state index contributed by atoms with van der Waals surface area (Å²) in [4.78, 5) is 4.58. The Kier molecular flexibility index (Phi) is 5.06. The van der Waals surface area contributed by atoms with E-state index in [4.69, 9.17) is 11.6 Å². The molecule has 0 bridgehead atoms. The van der Waals surface area contributed by atoms with Crippen LogP contribution in [0.5, 0.6) is 0 Å². The van der Waals surface area contributed by atoms with Crippen molar-refractivity contribution >= 4 is 23.5 Å². The van der Waals surface area contributed by atoms with E-state index in [9.17, 15) is 0 Å². The fraction of sp³-hybridized carbons (Fsp3) is 0.261. The number of hydrogen-bond acceptors (Lipinski definition) is 1. The minimum absolute atomic E-state index is 0.162. The van der Waals surface area contributed by atoms with Crippen LogP contribution >= 0.6 is 11.6 Å². The van der Waals surface area contributed by atoms with Crippen LogP contribution in [0.2, 0.25) is 5.02 Å². The number of aromatic nitrogens is 1. The molecule has 0 atom stereocenters. The highest BCUT2D eigenvalue weighted by molar-refractivity contribution is 6.30. The number of nitrogens with zero attached hydrogens (tertiary/aromatic N) is 2. The van der Waals surface area contributed by atoms with Crippen LogP contribution in [-0.4, -0.2) is 10.8 Å². The van der Waals surface area contributed by atoms with Crippen molar-refractivity contribution < 1.29 is 0 Å². The molecule has 0 aliphatic rings. The second-order valence-electron chi connectivity index (χ2n) is 7.69. The summed E-state index contributed by atoms with van der Waals surface area (Å²) in [5.41, 5.74) is 7.08. The standard InChI is InChI=1S/C23H25ClN2/c1-16-14-18(15-25-21-10-8-20(24)9-11-21)17(2)26(16)22-12-6-19(7-13-22)23(3,4)5/h6-15H,1-5H3. The van der Waals surface area contributed by atoms with E-state index in [-0.39, 0.29) is 5.41 Å². The minimum Gasteiger partial charge on any atom is -0.318 e. The first kappa shape index (κ1) is 18.5. The predicted molar refractivity (Wildman–Crippen MR) is 113 cm³/mol. The van der Waals surface area contributed by atoms with E-state index in [0.717, 1.165) is 16.3 Å². The summed E-state index contributed by atoms with van der Waals surface area (Å²) in [5.74, 6) is 0. The van der Waals surface area contributed by atoms with Crippen molar-refractivity contribution in [2.75, 3.05) is 0 Å². The van der Waals surface area contributed by atoms with Crippen molar-refractivity contribution in [2.45, 2.75) is 40.0 Å². The highest BCUT2D eigenvalue weighted by atomic mass is 35.5. The maximum absolute atomic E-state index is 5.93. The van der Waals surface area contributed by atoms with E-state index in [1.807, 2.05) is 30.5 Å². The second-order valence-corrected chi connectivity index (χ2v) is 8.13. The molecule has 134 valence electrons. The highest BCUT2D eigenvalue weighted by Crippen LogP contribution is 2.26. The lowest BCUT2D eigenvalue weighted by molar-refractivity contribution is 0.590. The summed E-state index contributed by atoms with van der Waals surface area (Å²) in [6, 6.07) is 18.5. The Balaban J connectivity index is 1.92. The lowest BCUT2D eigenvalue weighted by atomic mass is 9.87. The van der Waals surface area contributed by atoms with Crippen LogP contribution < -0.4 is 0 Å². The maximum Gasteiger partial charge on any atom is 0.0630 e. The van der Waals surface area contributed by atoms with Crippen LogP contribution in [0.15, 0.2) is 59.6 Å². The zero-order valence-electron chi connectivity index (χ0n) is 16.0. The molecular formula is C23H25ClN2. The van der Waals surface area contributed by atoms with Gasteiger partial charge >= 0.3 is 0 Å². The average Bonchev–Trinajstić information content (AvgIpc) is 2.87. The molecule has 0 radical (unpaired) electrons. The summed E-state index contributed by atoms with van der Waals surface area (Å²) in [7, 11) is 0. The molecule has 3 rings (SSSR count). The molecule has 2 aromatic carbocycles. The van der Waals surface area contributed by atoms with Crippen molar-refractivity contribution in [2.24, 2.45) is 4.99 Å². The van der Waals surface area contributed by atoms with Gasteiger partial charge in [-0.3, -0.25) is 4.99 Å². The van der Waals surface area contributed by atoms with Gasteiger partial charge in [-0.25, -0.2) is 0 Å². The van der Waals surface area contributed by atoms with E-state index in [1.165, 1.54) is 22.6 Å².